The van der Waals surface area contributed by atoms with Gasteiger partial charge in [-0.15, -0.1) is 0 Å². The summed E-state index contributed by atoms with van der Waals surface area (Å²) < 4.78 is 0. The second-order valence-corrected chi connectivity index (χ2v) is 6.25. The van der Waals surface area contributed by atoms with Crippen LogP contribution in [0.4, 0.5) is 11.6 Å². The Balaban J connectivity index is 1.92. The summed E-state index contributed by atoms with van der Waals surface area (Å²) in [7, 11) is 0. The SMILES string of the molecule is CCCNc1cc(NCC2CCN(CC)C2)nc(SC)n1. The molecule has 0 amide bonds. The highest BCUT2D eigenvalue weighted by Gasteiger charge is 2.20. The Hall–Kier alpha value is -1.01. The fraction of sp³-hybridized carbons (Fsp3) is 0.733. The van der Waals surface area contributed by atoms with Crippen LogP contribution >= 0.6 is 11.8 Å². The van der Waals surface area contributed by atoms with E-state index in [-0.39, 0.29) is 0 Å². The topological polar surface area (TPSA) is 53.1 Å². The van der Waals surface area contributed by atoms with Crippen LogP contribution in [-0.4, -0.2) is 53.8 Å². The predicted octanol–water partition coefficient (Wildman–Crippen LogP) is 2.77. The first-order chi connectivity index (χ1) is 10.2. The number of hydrogen-bond acceptors (Lipinski definition) is 6. The van der Waals surface area contributed by atoms with Crippen LogP contribution in [0.15, 0.2) is 11.2 Å². The van der Waals surface area contributed by atoms with E-state index in [2.05, 4.69) is 39.3 Å². The third-order valence-electron chi connectivity index (χ3n) is 3.83. The van der Waals surface area contributed by atoms with Crippen molar-refractivity contribution in [1.29, 1.82) is 0 Å². The van der Waals surface area contributed by atoms with Crippen molar-refractivity contribution in [2.75, 3.05) is 49.6 Å². The summed E-state index contributed by atoms with van der Waals surface area (Å²) in [6.45, 7) is 9.91. The van der Waals surface area contributed by atoms with Crippen molar-refractivity contribution in [3.05, 3.63) is 6.07 Å². The van der Waals surface area contributed by atoms with Gasteiger partial charge in [0.25, 0.3) is 0 Å². The Labute approximate surface area is 132 Å². The summed E-state index contributed by atoms with van der Waals surface area (Å²) in [5, 5.41) is 7.65. The van der Waals surface area contributed by atoms with Crippen molar-refractivity contribution in [3.63, 3.8) is 0 Å². The summed E-state index contributed by atoms with van der Waals surface area (Å²) >= 11 is 1.58. The molecule has 5 nitrogen and oxygen atoms in total. The third-order valence-corrected chi connectivity index (χ3v) is 4.38. The molecule has 0 bridgehead atoms. The average Bonchev–Trinajstić information content (AvgIpc) is 2.98. The summed E-state index contributed by atoms with van der Waals surface area (Å²) in [6.07, 6.45) is 4.39. The van der Waals surface area contributed by atoms with Gasteiger partial charge in [0.1, 0.15) is 11.6 Å². The molecule has 0 spiro atoms. The maximum Gasteiger partial charge on any atom is 0.191 e. The molecule has 1 aromatic heterocycles. The molecule has 1 fully saturated rings. The highest BCUT2D eigenvalue weighted by Crippen LogP contribution is 2.20. The van der Waals surface area contributed by atoms with Crippen molar-refractivity contribution < 1.29 is 0 Å². The Morgan fingerprint density at radius 1 is 1.29 bits per heavy atom. The minimum atomic E-state index is 0.727. The Bertz CT molecular complexity index is 440. The summed E-state index contributed by atoms with van der Waals surface area (Å²) in [5.74, 6) is 2.58. The predicted molar refractivity (Wildman–Crippen MR) is 91.3 cm³/mol. The van der Waals surface area contributed by atoms with E-state index in [0.717, 1.165) is 48.8 Å². The first-order valence-corrected chi connectivity index (χ1v) is 9.10. The molecule has 1 unspecified atom stereocenters. The summed E-state index contributed by atoms with van der Waals surface area (Å²) in [4.78, 5) is 11.5. The number of rotatable bonds is 8. The minimum Gasteiger partial charge on any atom is -0.370 e. The van der Waals surface area contributed by atoms with Crippen LogP contribution < -0.4 is 10.6 Å². The van der Waals surface area contributed by atoms with Gasteiger partial charge in [-0.3, -0.25) is 0 Å². The maximum absolute atomic E-state index is 4.55. The smallest absolute Gasteiger partial charge is 0.191 e. The Morgan fingerprint density at radius 3 is 2.67 bits per heavy atom. The second kappa shape index (κ2) is 8.44. The van der Waals surface area contributed by atoms with Gasteiger partial charge in [-0.1, -0.05) is 25.6 Å². The van der Waals surface area contributed by atoms with Gasteiger partial charge in [0, 0.05) is 25.7 Å². The number of hydrogen-bond donors (Lipinski definition) is 2. The van der Waals surface area contributed by atoms with Crippen LogP contribution in [0.3, 0.4) is 0 Å². The number of anilines is 2. The van der Waals surface area contributed by atoms with Gasteiger partial charge in [0.2, 0.25) is 0 Å². The van der Waals surface area contributed by atoms with E-state index >= 15 is 0 Å². The average molecular weight is 309 g/mol. The Morgan fingerprint density at radius 2 is 2.05 bits per heavy atom. The zero-order chi connectivity index (χ0) is 15.1. The lowest BCUT2D eigenvalue weighted by Gasteiger charge is -2.15. The zero-order valence-corrected chi connectivity index (χ0v) is 14.2. The molecule has 1 aliphatic rings. The largest absolute Gasteiger partial charge is 0.370 e. The maximum atomic E-state index is 4.55. The molecule has 118 valence electrons. The van der Waals surface area contributed by atoms with E-state index in [4.69, 9.17) is 0 Å². The fourth-order valence-corrected chi connectivity index (χ4v) is 2.95. The van der Waals surface area contributed by atoms with Gasteiger partial charge in [0.15, 0.2) is 5.16 Å². The quantitative estimate of drug-likeness (QED) is 0.569. The van der Waals surface area contributed by atoms with Crippen LogP contribution in [0.5, 0.6) is 0 Å². The fourth-order valence-electron chi connectivity index (χ4n) is 2.57. The number of likely N-dealkylation sites (tertiary alicyclic amines) is 1. The highest BCUT2D eigenvalue weighted by atomic mass is 32.2. The van der Waals surface area contributed by atoms with Gasteiger partial charge in [-0.2, -0.15) is 0 Å². The second-order valence-electron chi connectivity index (χ2n) is 5.48. The molecule has 2 N–H and O–H groups in total. The van der Waals surface area contributed by atoms with Crippen LogP contribution in [0.1, 0.15) is 26.7 Å². The van der Waals surface area contributed by atoms with Crippen LogP contribution in [-0.2, 0) is 0 Å². The molecule has 1 aromatic rings. The van der Waals surface area contributed by atoms with Gasteiger partial charge >= 0.3 is 0 Å². The monoisotopic (exact) mass is 309 g/mol. The van der Waals surface area contributed by atoms with Crippen molar-refractivity contribution in [3.8, 4) is 0 Å². The molecule has 1 atom stereocenters. The van der Waals surface area contributed by atoms with E-state index < -0.39 is 0 Å². The molecule has 0 aliphatic carbocycles. The van der Waals surface area contributed by atoms with E-state index in [1.54, 1.807) is 11.8 Å². The molecule has 21 heavy (non-hydrogen) atoms. The molecule has 2 heterocycles. The highest BCUT2D eigenvalue weighted by molar-refractivity contribution is 7.98. The first-order valence-electron chi connectivity index (χ1n) is 7.88. The number of thioether (sulfide) groups is 1. The van der Waals surface area contributed by atoms with E-state index in [1.165, 1.54) is 19.5 Å². The molecule has 1 saturated heterocycles. The van der Waals surface area contributed by atoms with Gasteiger partial charge in [-0.05, 0) is 38.1 Å². The number of aromatic nitrogens is 2. The van der Waals surface area contributed by atoms with Crippen LogP contribution in [0, 0.1) is 5.92 Å². The number of nitrogens with one attached hydrogen (secondary N) is 2. The molecule has 6 heteroatoms. The van der Waals surface area contributed by atoms with Crippen molar-refractivity contribution in [1.82, 2.24) is 14.9 Å². The van der Waals surface area contributed by atoms with Gasteiger partial charge < -0.3 is 15.5 Å². The molecule has 0 saturated carbocycles. The molecule has 1 aliphatic heterocycles. The molecule has 0 aromatic carbocycles. The minimum absolute atomic E-state index is 0.727. The summed E-state index contributed by atoms with van der Waals surface area (Å²) in [5.41, 5.74) is 0. The third kappa shape index (κ3) is 5.04. The molecule has 0 radical (unpaired) electrons. The lowest BCUT2D eigenvalue weighted by molar-refractivity contribution is 0.345. The molecule has 2 rings (SSSR count). The lowest BCUT2D eigenvalue weighted by Crippen LogP contribution is -2.22. The van der Waals surface area contributed by atoms with E-state index in [9.17, 15) is 0 Å². The molecular weight excluding hydrogens is 282 g/mol. The van der Waals surface area contributed by atoms with Gasteiger partial charge in [0.05, 0.1) is 0 Å². The Kier molecular flexibility index (Phi) is 6.57. The molecular formula is C15H27N5S. The van der Waals surface area contributed by atoms with E-state index in [1.807, 2.05) is 12.3 Å². The number of nitrogens with zero attached hydrogens (tertiary/aromatic N) is 3. The van der Waals surface area contributed by atoms with Crippen LogP contribution in [0.25, 0.3) is 0 Å². The zero-order valence-electron chi connectivity index (χ0n) is 13.4. The first kappa shape index (κ1) is 16.4. The lowest BCUT2D eigenvalue weighted by atomic mass is 10.1. The van der Waals surface area contributed by atoms with Crippen molar-refractivity contribution in [2.45, 2.75) is 31.8 Å². The van der Waals surface area contributed by atoms with Crippen LogP contribution in [0.2, 0.25) is 0 Å². The van der Waals surface area contributed by atoms with E-state index in [0.29, 0.717) is 0 Å². The summed E-state index contributed by atoms with van der Waals surface area (Å²) in [6, 6.07) is 2.02. The normalized spacial score (nSPS) is 18.9. The van der Waals surface area contributed by atoms with Crippen molar-refractivity contribution >= 4 is 23.4 Å². The van der Waals surface area contributed by atoms with Gasteiger partial charge in [-0.25, -0.2) is 9.97 Å². The standard InChI is InChI=1S/C15H27N5S/c1-4-7-16-13-9-14(19-15(18-13)21-3)17-10-12-6-8-20(5-2)11-12/h9,12H,4-8,10-11H2,1-3H3,(H2,16,17,18,19). The van der Waals surface area contributed by atoms with Crippen molar-refractivity contribution in [2.24, 2.45) is 5.92 Å².